The molecule has 0 aromatic heterocycles. The summed E-state index contributed by atoms with van der Waals surface area (Å²) < 4.78 is 0. The lowest BCUT2D eigenvalue weighted by molar-refractivity contribution is -0.131. The van der Waals surface area contributed by atoms with Gasteiger partial charge in [0.1, 0.15) is 0 Å². The molecule has 10 heteroatoms. The van der Waals surface area contributed by atoms with Crippen LogP contribution in [0.2, 0.25) is 5.02 Å². The second kappa shape index (κ2) is 9.66. The Morgan fingerprint density at radius 2 is 1.57 bits per heavy atom. The maximum atomic E-state index is 12.2. The molecule has 1 aliphatic heterocycles. The second-order valence-electron chi connectivity index (χ2n) is 6.18. The summed E-state index contributed by atoms with van der Waals surface area (Å²) in [6, 6.07) is 13.4. The molecule has 9 nitrogen and oxygen atoms in total. The monoisotopic (exact) mass is 428 g/mol. The molecule has 0 atom stereocenters. The lowest BCUT2D eigenvalue weighted by Crippen LogP contribution is -2.44. The van der Waals surface area contributed by atoms with E-state index in [4.69, 9.17) is 16.4 Å². The summed E-state index contributed by atoms with van der Waals surface area (Å²) in [6.45, 7) is -0.535. The van der Waals surface area contributed by atoms with E-state index < -0.39 is 30.2 Å². The van der Waals surface area contributed by atoms with E-state index in [2.05, 4.69) is 16.0 Å². The molecule has 0 spiro atoms. The van der Waals surface area contributed by atoms with Crippen LogP contribution in [-0.2, 0) is 14.4 Å². The number of hydrogen-bond acceptors (Lipinski definition) is 6. The largest absolute Gasteiger partial charge is 0.386 e. The minimum Gasteiger partial charge on any atom is -0.386 e. The van der Waals surface area contributed by atoms with Gasteiger partial charge in [-0.1, -0.05) is 47.1 Å². The number of hydrazine groups is 1. The Hall–Kier alpha value is -3.72. The lowest BCUT2D eigenvalue weighted by Gasteiger charge is -2.13. The molecule has 2 N–H and O–H groups in total. The van der Waals surface area contributed by atoms with Gasteiger partial charge in [0.05, 0.1) is 17.3 Å². The number of carbonyl (C=O) groups is 4. The molecule has 4 amide bonds. The van der Waals surface area contributed by atoms with Crippen molar-refractivity contribution in [3.63, 3.8) is 0 Å². The van der Waals surface area contributed by atoms with Crippen molar-refractivity contribution >= 4 is 41.4 Å². The number of rotatable bonds is 7. The first-order chi connectivity index (χ1) is 14.5. The van der Waals surface area contributed by atoms with E-state index in [1.807, 2.05) is 0 Å². The molecule has 0 bridgehead atoms. The Morgan fingerprint density at radius 3 is 2.23 bits per heavy atom. The van der Waals surface area contributed by atoms with Gasteiger partial charge in [-0.25, -0.2) is 0 Å². The molecule has 0 radical (unpaired) electrons. The molecule has 0 aliphatic carbocycles. The van der Waals surface area contributed by atoms with Gasteiger partial charge in [-0.15, -0.1) is 0 Å². The van der Waals surface area contributed by atoms with Crippen molar-refractivity contribution in [3.8, 4) is 0 Å². The number of oxime groups is 1. The quantitative estimate of drug-likeness (QED) is 0.394. The van der Waals surface area contributed by atoms with Gasteiger partial charge >= 0.3 is 0 Å². The van der Waals surface area contributed by atoms with Crippen molar-refractivity contribution in [2.75, 3.05) is 13.2 Å². The highest BCUT2D eigenvalue weighted by molar-refractivity contribution is 6.33. The zero-order valence-electron chi connectivity index (χ0n) is 15.6. The van der Waals surface area contributed by atoms with Crippen LogP contribution in [0.15, 0.2) is 53.7 Å². The van der Waals surface area contributed by atoms with Gasteiger partial charge in [0, 0.05) is 23.6 Å². The number of halogens is 1. The Balaban J connectivity index is 1.37. The molecule has 3 rings (SSSR count). The SMILES string of the molecule is O=C(CCN1C(=O)c2ccccc2C1=O)NNC(=O)CO/N=C/c1ccccc1Cl. The van der Waals surface area contributed by atoms with E-state index in [0.717, 1.165) is 4.90 Å². The van der Waals surface area contributed by atoms with Gasteiger partial charge in [0.2, 0.25) is 5.91 Å². The van der Waals surface area contributed by atoms with Gasteiger partial charge in [-0.2, -0.15) is 0 Å². The smallest absolute Gasteiger partial charge is 0.279 e. The van der Waals surface area contributed by atoms with E-state index in [0.29, 0.717) is 21.7 Å². The van der Waals surface area contributed by atoms with E-state index in [1.165, 1.54) is 6.21 Å². The van der Waals surface area contributed by atoms with Crippen molar-refractivity contribution in [1.82, 2.24) is 15.8 Å². The van der Waals surface area contributed by atoms with Crippen molar-refractivity contribution in [2.24, 2.45) is 5.16 Å². The number of nitrogens with one attached hydrogen (secondary N) is 2. The average Bonchev–Trinajstić information content (AvgIpc) is 2.99. The van der Waals surface area contributed by atoms with Crippen LogP contribution < -0.4 is 10.9 Å². The van der Waals surface area contributed by atoms with Gasteiger partial charge in [-0.05, 0) is 18.2 Å². The second-order valence-corrected chi connectivity index (χ2v) is 6.59. The van der Waals surface area contributed by atoms with Crippen LogP contribution in [0.4, 0.5) is 0 Å². The third-order valence-electron chi connectivity index (χ3n) is 4.15. The molecule has 30 heavy (non-hydrogen) atoms. The van der Waals surface area contributed by atoms with Gasteiger partial charge in [0.15, 0.2) is 6.61 Å². The molecule has 2 aromatic rings. The van der Waals surface area contributed by atoms with Crippen molar-refractivity contribution < 1.29 is 24.0 Å². The minimum atomic E-state index is -0.639. The number of carbonyl (C=O) groups excluding carboxylic acids is 4. The van der Waals surface area contributed by atoms with Crippen LogP contribution >= 0.6 is 11.6 Å². The number of hydrogen-bond donors (Lipinski definition) is 2. The van der Waals surface area contributed by atoms with Crippen LogP contribution in [-0.4, -0.2) is 47.9 Å². The Bertz CT molecular complexity index is 989. The summed E-state index contributed by atoms with van der Waals surface area (Å²) in [7, 11) is 0. The zero-order chi connectivity index (χ0) is 21.5. The van der Waals surface area contributed by atoms with Crippen LogP contribution in [0.5, 0.6) is 0 Å². The van der Waals surface area contributed by atoms with Crippen LogP contribution in [0.25, 0.3) is 0 Å². The molecular formula is C20H17ClN4O5. The predicted octanol–water partition coefficient (Wildman–Crippen LogP) is 1.52. The number of fused-ring (bicyclic) bond motifs is 1. The predicted molar refractivity (Wildman–Crippen MR) is 108 cm³/mol. The topological polar surface area (TPSA) is 117 Å². The molecule has 1 aliphatic rings. The first-order valence-electron chi connectivity index (χ1n) is 8.90. The van der Waals surface area contributed by atoms with Crippen molar-refractivity contribution in [3.05, 3.63) is 70.2 Å². The fourth-order valence-electron chi connectivity index (χ4n) is 2.66. The maximum absolute atomic E-state index is 12.2. The summed E-state index contributed by atoms with van der Waals surface area (Å²) >= 11 is 5.95. The van der Waals surface area contributed by atoms with E-state index in [1.54, 1.807) is 48.5 Å². The third-order valence-corrected chi connectivity index (χ3v) is 4.49. The van der Waals surface area contributed by atoms with Crippen molar-refractivity contribution in [1.29, 1.82) is 0 Å². The first kappa shape index (κ1) is 21.0. The summed E-state index contributed by atoms with van der Waals surface area (Å²) in [5, 5.41) is 4.12. The number of benzene rings is 2. The fourth-order valence-corrected chi connectivity index (χ4v) is 2.85. The van der Waals surface area contributed by atoms with E-state index in [-0.39, 0.29) is 13.0 Å². The highest BCUT2D eigenvalue weighted by Crippen LogP contribution is 2.22. The molecular weight excluding hydrogens is 412 g/mol. The summed E-state index contributed by atoms with van der Waals surface area (Å²) in [5.74, 6) is -2.10. The highest BCUT2D eigenvalue weighted by Gasteiger charge is 2.34. The maximum Gasteiger partial charge on any atom is 0.279 e. The highest BCUT2D eigenvalue weighted by atomic mass is 35.5. The molecule has 2 aromatic carbocycles. The van der Waals surface area contributed by atoms with Gasteiger partial charge in [0.25, 0.3) is 17.7 Å². The Morgan fingerprint density at radius 1 is 0.967 bits per heavy atom. The third kappa shape index (κ3) is 5.00. The van der Waals surface area contributed by atoms with E-state index >= 15 is 0 Å². The minimum absolute atomic E-state index is 0.104. The van der Waals surface area contributed by atoms with Crippen molar-refractivity contribution in [2.45, 2.75) is 6.42 Å². The molecule has 154 valence electrons. The standard InChI is InChI=1S/C20H17ClN4O5/c21-16-8-4-1-5-13(16)11-22-30-12-18(27)24-23-17(26)9-10-25-19(28)14-6-2-3-7-15(14)20(25)29/h1-8,11H,9-10,12H2,(H,23,26)(H,24,27)/b22-11+. The van der Waals surface area contributed by atoms with Crippen LogP contribution in [0, 0.1) is 0 Å². The summed E-state index contributed by atoms with van der Waals surface area (Å²) in [5.41, 5.74) is 5.59. The molecule has 0 saturated carbocycles. The number of imide groups is 1. The normalized spacial score (nSPS) is 12.8. The molecule has 0 unspecified atom stereocenters. The number of amides is 4. The van der Waals surface area contributed by atoms with Gasteiger partial charge < -0.3 is 4.84 Å². The molecule has 0 saturated heterocycles. The lowest BCUT2D eigenvalue weighted by atomic mass is 10.1. The van der Waals surface area contributed by atoms with Crippen LogP contribution in [0.1, 0.15) is 32.7 Å². The average molecular weight is 429 g/mol. The molecule has 1 heterocycles. The van der Waals surface area contributed by atoms with Gasteiger partial charge in [-0.3, -0.25) is 34.9 Å². The summed E-state index contributed by atoms with van der Waals surface area (Å²) in [6.07, 6.45) is 1.19. The summed E-state index contributed by atoms with van der Waals surface area (Å²) in [4.78, 5) is 53.8. The fraction of sp³-hybridized carbons (Fsp3) is 0.150. The van der Waals surface area contributed by atoms with Crippen LogP contribution in [0.3, 0.4) is 0 Å². The Labute approximate surface area is 176 Å². The van der Waals surface area contributed by atoms with E-state index in [9.17, 15) is 19.2 Å². The zero-order valence-corrected chi connectivity index (χ0v) is 16.4. The number of nitrogens with zero attached hydrogens (tertiary/aromatic N) is 2. The molecule has 0 fully saturated rings. The first-order valence-corrected chi connectivity index (χ1v) is 9.28. The Kier molecular flexibility index (Phi) is 6.76.